The van der Waals surface area contributed by atoms with E-state index in [2.05, 4.69) is 15.5 Å². The first-order chi connectivity index (χ1) is 14.9. The number of benzene rings is 2. The number of hydrogen-bond donors (Lipinski definition) is 0. The van der Waals surface area contributed by atoms with Gasteiger partial charge in [-0.15, -0.1) is 5.10 Å². The van der Waals surface area contributed by atoms with Crippen LogP contribution in [0.1, 0.15) is 16.8 Å². The van der Waals surface area contributed by atoms with Crippen LogP contribution in [-0.4, -0.2) is 34.5 Å². The van der Waals surface area contributed by atoms with Gasteiger partial charge in [-0.05, 0) is 42.0 Å². The normalized spacial score (nSPS) is 11.1. The van der Waals surface area contributed by atoms with Crippen molar-refractivity contribution in [3.63, 3.8) is 0 Å². The first kappa shape index (κ1) is 20.5. The third-order valence-electron chi connectivity index (χ3n) is 5.15. The minimum Gasteiger partial charge on any atom is -0.283 e. The lowest BCUT2D eigenvalue weighted by atomic mass is 10.1. The van der Waals surface area contributed by atoms with Crippen molar-refractivity contribution in [2.45, 2.75) is 24.8 Å². The van der Waals surface area contributed by atoms with Crippen molar-refractivity contribution in [2.24, 2.45) is 7.05 Å². The van der Waals surface area contributed by atoms with Gasteiger partial charge in [-0.2, -0.15) is 4.68 Å². The van der Waals surface area contributed by atoms with E-state index in [-0.39, 0.29) is 11.2 Å². The van der Waals surface area contributed by atoms with E-state index in [1.165, 1.54) is 22.5 Å². The van der Waals surface area contributed by atoms with Crippen molar-refractivity contribution in [2.75, 3.05) is 0 Å². The largest absolute Gasteiger partial charge is 0.297 e. The van der Waals surface area contributed by atoms with Crippen LogP contribution in [0.15, 0.2) is 58.5 Å². The van der Waals surface area contributed by atoms with Crippen LogP contribution < -0.4 is 5.56 Å². The monoisotopic (exact) mass is 437 g/mol. The molecule has 0 aliphatic carbocycles. The summed E-state index contributed by atoms with van der Waals surface area (Å²) in [5.74, 6) is 0.423. The zero-order valence-electron chi connectivity index (χ0n) is 17.1. The zero-order chi connectivity index (χ0) is 22.1. The van der Waals surface area contributed by atoms with Gasteiger partial charge in [0.15, 0.2) is 5.69 Å². The second-order valence-corrected chi connectivity index (χ2v) is 7.83. The molecule has 0 spiro atoms. The van der Waals surface area contributed by atoms with Crippen LogP contribution >= 0.6 is 11.8 Å². The summed E-state index contributed by atoms with van der Waals surface area (Å²) in [6, 6.07) is 14.3. The number of nitro benzene ring substituents is 1. The average molecular weight is 437 g/mol. The number of rotatable bonds is 6. The molecule has 10 nitrogen and oxygen atoms in total. The van der Waals surface area contributed by atoms with E-state index in [0.717, 1.165) is 11.3 Å². The molecule has 0 amide bonds. The summed E-state index contributed by atoms with van der Waals surface area (Å²) in [5, 5.41) is 23.5. The number of hydrogen-bond acceptors (Lipinski definition) is 7. The van der Waals surface area contributed by atoms with Crippen LogP contribution in [0.2, 0.25) is 0 Å². The topological polar surface area (TPSA) is 114 Å². The Balaban J connectivity index is 1.70. The number of nitro groups is 1. The number of tetrazole rings is 1. The van der Waals surface area contributed by atoms with E-state index in [1.54, 1.807) is 29.4 Å². The van der Waals surface area contributed by atoms with Crippen molar-refractivity contribution in [1.29, 1.82) is 0 Å². The van der Waals surface area contributed by atoms with Crippen LogP contribution in [0.4, 0.5) is 5.69 Å². The molecule has 0 unspecified atom stereocenters. The third-order valence-corrected chi connectivity index (χ3v) is 6.12. The average Bonchev–Trinajstić information content (AvgIpc) is 3.29. The summed E-state index contributed by atoms with van der Waals surface area (Å²) in [4.78, 5) is 24.1. The predicted molar refractivity (Wildman–Crippen MR) is 116 cm³/mol. The second-order valence-electron chi connectivity index (χ2n) is 6.89. The molecule has 0 atom stereocenters. The Morgan fingerprint density at radius 1 is 1.10 bits per heavy atom. The Kier molecular flexibility index (Phi) is 5.42. The SMILES string of the molecule is Cc1c(CSc2nnnn2-c2c(C)n(C)n(-c3ccccc3)c2=O)cccc1[N+](=O)[O-]. The van der Waals surface area contributed by atoms with Gasteiger partial charge in [0.1, 0.15) is 0 Å². The number of nitrogens with zero attached hydrogens (tertiary/aromatic N) is 7. The highest BCUT2D eigenvalue weighted by molar-refractivity contribution is 7.98. The Morgan fingerprint density at radius 3 is 2.55 bits per heavy atom. The lowest BCUT2D eigenvalue weighted by molar-refractivity contribution is -0.385. The van der Waals surface area contributed by atoms with E-state index in [1.807, 2.05) is 43.3 Å². The molecule has 31 heavy (non-hydrogen) atoms. The smallest absolute Gasteiger partial charge is 0.283 e. The van der Waals surface area contributed by atoms with Gasteiger partial charge in [0.2, 0.25) is 5.16 Å². The molecular formula is C20H19N7O3S. The number of para-hydroxylation sites is 1. The summed E-state index contributed by atoms with van der Waals surface area (Å²) in [5.41, 5.74) is 3.03. The maximum absolute atomic E-state index is 13.3. The summed E-state index contributed by atoms with van der Waals surface area (Å²) in [6.07, 6.45) is 0. The molecule has 0 saturated heterocycles. The van der Waals surface area contributed by atoms with E-state index >= 15 is 0 Å². The molecule has 2 aromatic carbocycles. The van der Waals surface area contributed by atoms with Crippen LogP contribution in [0.3, 0.4) is 0 Å². The number of thioether (sulfide) groups is 1. The van der Waals surface area contributed by atoms with E-state index in [4.69, 9.17) is 0 Å². The van der Waals surface area contributed by atoms with Crippen molar-refractivity contribution < 1.29 is 4.92 Å². The van der Waals surface area contributed by atoms with Gasteiger partial charge in [0.05, 0.1) is 16.3 Å². The van der Waals surface area contributed by atoms with Gasteiger partial charge in [-0.25, -0.2) is 4.68 Å². The van der Waals surface area contributed by atoms with Crippen molar-refractivity contribution >= 4 is 17.4 Å². The first-order valence-corrected chi connectivity index (χ1v) is 10.4. The van der Waals surface area contributed by atoms with Crippen LogP contribution in [0.25, 0.3) is 11.4 Å². The van der Waals surface area contributed by atoms with E-state index in [9.17, 15) is 14.9 Å². The highest BCUT2D eigenvalue weighted by Crippen LogP contribution is 2.28. The molecule has 4 rings (SSSR count). The maximum Gasteiger partial charge on any atom is 0.297 e. The van der Waals surface area contributed by atoms with Gasteiger partial charge in [-0.3, -0.25) is 19.6 Å². The molecule has 0 radical (unpaired) electrons. The fourth-order valence-corrected chi connectivity index (χ4v) is 4.32. The highest BCUT2D eigenvalue weighted by Gasteiger charge is 2.22. The molecule has 0 aliphatic heterocycles. The fourth-order valence-electron chi connectivity index (χ4n) is 3.37. The van der Waals surface area contributed by atoms with E-state index in [0.29, 0.717) is 27.9 Å². The Morgan fingerprint density at radius 2 is 1.84 bits per heavy atom. The molecule has 2 aromatic heterocycles. The minimum absolute atomic E-state index is 0.0716. The Bertz CT molecular complexity index is 1320. The summed E-state index contributed by atoms with van der Waals surface area (Å²) in [7, 11) is 1.80. The van der Waals surface area contributed by atoms with Gasteiger partial charge in [-0.1, -0.05) is 42.1 Å². The lowest BCUT2D eigenvalue weighted by Crippen LogP contribution is -2.22. The highest BCUT2D eigenvalue weighted by atomic mass is 32.2. The van der Waals surface area contributed by atoms with Crippen molar-refractivity contribution in [1.82, 2.24) is 29.6 Å². The standard InChI is InChI=1S/C20H19N7O3S/c1-13-15(8-7-11-17(13)27(29)30)12-31-20-21-22-23-25(20)18-14(2)24(3)26(19(18)28)16-9-5-4-6-10-16/h4-11H,12H2,1-3H3. The number of aromatic nitrogens is 6. The predicted octanol–water partition coefficient (Wildman–Crippen LogP) is 2.97. The van der Waals surface area contributed by atoms with Crippen LogP contribution in [0, 0.1) is 24.0 Å². The van der Waals surface area contributed by atoms with Crippen molar-refractivity contribution in [3.05, 3.63) is 85.8 Å². The van der Waals surface area contributed by atoms with Gasteiger partial charge < -0.3 is 0 Å². The molecular weight excluding hydrogens is 418 g/mol. The molecule has 0 saturated carbocycles. The molecule has 0 N–H and O–H groups in total. The third kappa shape index (κ3) is 3.63. The summed E-state index contributed by atoms with van der Waals surface area (Å²) in [6.45, 7) is 3.55. The molecule has 0 fully saturated rings. The lowest BCUT2D eigenvalue weighted by Gasteiger charge is -2.07. The van der Waals surface area contributed by atoms with Gasteiger partial charge in [0.25, 0.3) is 11.2 Å². The second kappa shape index (κ2) is 8.19. The Labute approximate surface area is 181 Å². The van der Waals surface area contributed by atoms with Crippen molar-refractivity contribution in [3.8, 4) is 11.4 Å². The van der Waals surface area contributed by atoms with Gasteiger partial charge >= 0.3 is 0 Å². The maximum atomic E-state index is 13.3. The van der Waals surface area contributed by atoms with E-state index < -0.39 is 4.92 Å². The molecule has 0 aliphatic rings. The minimum atomic E-state index is -0.396. The zero-order valence-corrected chi connectivity index (χ0v) is 17.9. The molecule has 11 heteroatoms. The molecule has 158 valence electrons. The van der Waals surface area contributed by atoms with Gasteiger partial charge in [0, 0.05) is 24.4 Å². The Hall–Kier alpha value is -3.73. The van der Waals surface area contributed by atoms with Crippen LogP contribution in [-0.2, 0) is 12.8 Å². The van der Waals surface area contributed by atoms with Crippen LogP contribution in [0.5, 0.6) is 0 Å². The summed E-state index contributed by atoms with van der Waals surface area (Å²) >= 11 is 1.31. The quantitative estimate of drug-likeness (QED) is 0.259. The molecule has 0 bridgehead atoms. The summed E-state index contributed by atoms with van der Waals surface area (Å²) < 4.78 is 4.74. The molecule has 4 aromatic rings. The molecule has 2 heterocycles. The fraction of sp³-hybridized carbons (Fsp3) is 0.200. The first-order valence-electron chi connectivity index (χ1n) is 9.38.